The number of hydrogen-bond acceptors (Lipinski definition) is 4. The summed E-state index contributed by atoms with van der Waals surface area (Å²) in [6.07, 6.45) is 1.23. The lowest BCUT2D eigenvalue weighted by Gasteiger charge is -2.08. The number of halogens is 1. The van der Waals surface area contributed by atoms with Gasteiger partial charge in [-0.1, -0.05) is 6.92 Å². The standard InChI is InChI=1S/C15H16FN3O3/c1-2-14(20)17-5-6-22-15(21)19-13-8-11-7-12(16)4-3-10(11)9-18-13/h3-4,7-9H,2,5-6H2,1H3,(H,17,20)(H,18,19,21). The van der Waals surface area contributed by atoms with Gasteiger partial charge in [0.2, 0.25) is 5.91 Å². The summed E-state index contributed by atoms with van der Waals surface area (Å²) < 4.78 is 18.1. The average molecular weight is 305 g/mol. The van der Waals surface area contributed by atoms with Crippen LogP contribution >= 0.6 is 0 Å². The van der Waals surface area contributed by atoms with Crippen LogP contribution in [0, 0.1) is 5.82 Å². The summed E-state index contributed by atoms with van der Waals surface area (Å²) in [4.78, 5) is 26.6. The highest BCUT2D eigenvalue weighted by molar-refractivity contribution is 5.89. The number of amides is 2. The first-order valence-electron chi connectivity index (χ1n) is 6.84. The number of nitrogens with zero attached hydrogens (tertiary/aromatic N) is 1. The summed E-state index contributed by atoms with van der Waals surface area (Å²) in [6.45, 7) is 2.04. The van der Waals surface area contributed by atoms with Gasteiger partial charge in [0.1, 0.15) is 18.2 Å². The zero-order valence-electron chi connectivity index (χ0n) is 12.1. The first kappa shape index (κ1) is 15.7. The number of nitrogens with one attached hydrogen (secondary N) is 2. The van der Waals surface area contributed by atoms with E-state index in [1.807, 2.05) is 0 Å². The highest BCUT2D eigenvalue weighted by Crippen LogP contribution is 2.17. The number of hydrogen-bond donors (Lipinski definition) is 2. The van der Waals surface area contributed by atoms with Gasteiger partial charge in [0, 0.05) is 18.0 Å². The number of benzene rings is 1. The molecule has 0 saturated carbocycles. The highest BCUT2D eigenvalue weighted by atomic mass is 19.1. The first-order chi connectivity index (χ1) is 10.6. The number of carbonyl (C=O) groups excluding carboxylic acids is 2. The van der Waals surface area contributed by atoms with E-state index < -0.39 is 6.09 Å². The lowest BCUT2D eigenvalue weighted by atomic mass is 10.2. The Bertz CT molecular complexity index is 691. The number of carbonyl (C=O) groups is 2. The quantitative estimate of drug-likeness (QED) is 0.832. The van der Waals surface area contributed by atoms with Crippen molar-refractivity contribution in [3.63, 3.8) is 0 Å². The lowest BCUT2D eigenvalue weighted by Crippen LogP contribution is -2.28. The first-order valence-corrected chi connectivity index (χ1v) is 6.84. The summed E-state index contributed by atoms with van der Waals surface area (Å²) in [5.41, 5.74) is 0. The molecule has 0 fully saturated rings. The predicted octanol–water partition coefficient (Wildman–Crippen LogP) is 2.45. The zero-order chi connectivity index (χ0) is 15.9. The molecule has 0 aliphatic rings. The van der Waals surface area contributed by atoms with Crippen molar-refractivity contribution >= 4 is 28.6 Å². The Morgan fingerprint density at radius 3 is 2.86 bits per heavy atom. The van der Waals surface area contributed by atoms with Crippen molar-refractivity contribution in [2.24, 2.45) is 0 Å². The molecule has 116 valence electrons. The molecule has 0 aliphatic heterocycles. The molecule has 0 saturated heterocycles. The Morgan fingerprint density at radius 2 is 2.09 bits per heavy atom. The molecule has 2 N–H and O–H groups in total. The average Bonchev–Trinajstić information content (AvgIpc) is 2.50. The molecular weight excluding hydrogens is 289 g/mol. The second-order valence-corrected chi connectivity index (χ2v) is 4.53. The second kappa shape index (κ2) is 7.35. The second-order valence-electron chi connectivity index (χ2n) is 4.53. The molecule has 1 aromatic heterocycles. The Balaban J connectivity index is 1.87. The van der Waals surface area contributed by atoms with Crippen molar-refractivity contribution in [3.05, 3.63) is 36.3 Å². The van der Waals surface area contributed by atoms with E-state index in [-0.39, 0.29) is 30.7 Å². The number of aromatic nitrogens is 1. The fraction of sp³-hybridized carbons (Fsp3) is 0.267. The Kier molecular flexibility index (Phi) is 5.24. The van der Waals surface area contributed by atoms with Gasteiger partial charge in [0.05, 0.1) is 6.54 Å². The predicted molar refractivity (Wildman–Crippen MR) is 80.0 cm³/mol. The molecule has 22 heavy (non-hydrogen) atoms. The van der Waals surface area contributed by atoms with Gasteiger partial charge in [0.25, 0.3) is 0 Å². The minimum Gasteiger partial charge on any atom is -0.447 e. The molecule has 0 unspecified atom stereocenters. The SMILES string of the molecule is CCC(=O)NCCOC(=O)Nc1cc2cc(F)ccc2cn1. The van der Waals surface area contributed by atoms with Crippen LogP contribution in [0.4, 0.5) is 15.0 Å². The van der Waals surface area contributed by atoms with Gasteiger partial charge < -0.3 is 10.1 Å². The van der Waals surface area contributed by atoms with Crippen LogP contribution in [-0.4, -0.2) is 30.1 Å². The number of pyridine rings is 1. The van der Waals surface area contributed by atoms with Crippen molar-refractivity contribution in [1.82, 2.24) is 10.3 Å². The number of anilines is 1. The lowest BCUT2D eigenvalue weighted by molar-refractivity contribution is -0.120. The van der Waals surface area contributed by atoms with Crippen molar-refractivity contribution in [3.8, 4) is 0 Å². The van der Waals surface area contributed by atoms with E-state index in [0.29, 0.717) is 11.8 Å². The van der Waals surface area contributed by atoms with Gasteiger partial charge in [-0.3, -0.25) is 10.1 Å². The van der Waals surface area contributed by atoms with Gasteiger partial charge in [0.15, 0.2) is 0 Å². The highest BCUT2D eigenvalue weighted by Gasteiger charge is 2.06. The molecule has 7 heteroatoms. The Hall–Kier alpha value is -2.70. The minimum absolute atomic E-state index is 0.0553. The van der Waals surface area contributed by atoms with Crippen molar-refractivity contribution in [1.29, 1.82) is 0 Å². The van der Waals surface area contributed by atoms with Crippen molar-refractivity contribution in [2.75, 3.05) is 18.5 Å². The maximum absolute atomic E-state index is 13.2. The molecule has 6 nitrogen and oxygen atoms in total. The van der Waals surface area contributed by atoms with E-state index >= 15 is 0 Å². The van der Waals surface area contributed by atoms with Crippen LogP contribution in [0.5, 0.6) is 0 Å². The Labute approximate surface area is 126 Å². The fourth-order valence-electron chi connectivity index (χ4n) is 1.78. The van der Waals surface area contributed by atoms with E-state index in [0.717, 1.165) is 5.39 Å². The van der Waals surface area contributed by atoms with E-state index in [1.54, 1.807) is 19.1 Å². The maximum atomic E-state index is 13.2. The van der Waals surface area contributed by atoms with Crippen LogP contribution in [0.3, 0.4) is 0 Å². The molecule has 0 spiro atoms. The third kappa shape index (κ3) is 4.41. The number of rotatable bonds is 5. The van der Waals surface area contributed by atoms with Gasteiger partial charge in [-0.25, -0.2) is 14.2 Å². The smallest absolute Gasteiger partial charge is 0.412 e. The fourth-order valence-corrected chi connectivity index (χ4v) is 1.78. The topological polar surface area (TPSA) is 80.3 Å². The van der Waals surface area contributed by atoms with Gasteiger partial charge in [-0.2, -0.15) is 0 Å². The van der Waals surface area contributed by atoms with Crippen molar-refractivity contribution in [2.45, 2.75) is 13.3 Å². The molecule has 0 bridgehead atoms. The Morgan fingerprint density at radius 1 is 1.27 bits per heavy atom. The number of ether oxygens (including phenoxy) is 1. The summed E-state index contributed by atoms with van der Waals surface area (Å²) in [5, 5.41) is 6.42. The molecule has 1 aromatic carbocycles. The van der Waals surface area contributed by atoms with Crippen LogP contribution in [0.25, 0.3) is 10.8 Å². The molecule has 0 aliphatic carbocycles. The summed E-state index contributed by atoms with van der Waals surface area (Å²) >= 11 is 0. The molecule has 0 radical (unpaired) electrons. The molecule has 2 aromatic rings. The minimum atomic E-state index is -0.686. The third-order valence-electron chi connectivity index (χ3n) is 2.89. The molecule has 0 atom stereocenters. The summed E-state index contributed by atoms with van der Waals surface area (Å²) in [6, 6.07) is 5.86. The van der Waals surface area contributed by atoms with Crippen LogP contribution in [0.15, 0.2) is 30.5 Å². The van der Waals surface area contributed by atoms with Crippen LogP contribution in [0.2, 0.25) is 0 Å². The van der Waals surface area contributed by atoms with Gasteiger partial charge >= 0.3 is 6.09 Å². The molecular formula is C15H16FN3O3. The zero-order valence-corrected chi connectivity index (χ0v) is 12.1. The van der Waals surface area contributed by atoms with Crippen LogP contribution in [-0.2, 0) is 9.53 Å². The molecule has 1 heterocycles. The normalized spacial score (nSPS) is 10.3. The van der Waals surface area contributed by atoms with E-state index in [1.165, 1.54) is 18.3 Å². The van der Waals surface area contributed by atoms with E-state index in [2.05, 4.69) is 15.6 Å². The van der Waals surface area contributed by atoms with Crippen molar-refractivity contribution < 1.29 is 18.7 Å². The molecule has 2 amide bonds. The monoisotopic (exact) mass is 305 g/mol. The van der Waals surface area contributed by atoms with E-state index in [4.69, 9.17) is 4.74 Å². The summed E-state index contributed by atoms with van der Waals surface area (Å²) in [5.74, 6) is -0.207. The van der Waals surface area contributed by atoms with Gasteiger partial charge in [-0.05, 0) is 29.7 Å². The summed E-state index contributed by atoms with van der Waals surface area (Å²) in [7, 11) is 0. The number of fused-ring (bicyclic) bond motifs is 1. The largest absolute Gasteiger partial charge is 0.447 e. The van der Waals surface area contributed by atoms with Crippen LogP contribution in [0.1, 0.15) is 13.3 Å². The molecule has 2 rings (SSSR count). The maximum Gasteiger partial charge on any atom is 0.412 e. The van der Waals surface area contributed by atoms with E-state index in [9.17, 15) is 14.0 Å². The van der Waals surface area contributed by atoms with Crippen LogP contribution < -0.4 is 10.6 Å². The third-order valence-corrected chi connectivity index (χ3v) is 2.89. The van der Waals surface area contributed by atoms with Gasteiger partial charge in [-0.15, -0.1) is 0 Å².